The van der Waals surface area contributed by atoms with Crippen molar-refractivity contribution in [2.45, 2.75) is 31.8 Å². The molecule has 0 spiro atoms. The number of hydrogen-bond acceptors (Lipinski definition) is 4. The number of carboxylic acids is 1. The van der Waals surface area contributed by atoms with Crippen LogP contribution in [-0.2, 0) is 4.79 Å². The summed E-state index contributed by atoms with van der Waals surface area (Å²) >= 11 is 0. The largest absolute Gasteiger partial charge is 0.480 e. The van der Waals surface area contributed by atoms with Gasteiger partial charge in [-0.05, 0) is 37.6 Å². The lowest BCUT2D eigenvalue weighted by Gasteiger charge is -2.24. The number of hydrogen-bond donors (Lipinski definition) is 1. The molecule has 19 heavy (non-hydrogen) atoms. The summed E-state index contributed by atoms with van der Waals surface area (Å²) in [5.74, 6) is -0.233. The van der Waals surface area contributed by atoms with Crippen LogP contribution in [0.4, 0.5) is 0 Å². The van der Waals surface area contributed by atoms with Crippen molar-refractivity contribution in [3.63, 3.8) is 0 Å². The molecule has 0 amide bonds. The maximum atomic E-state index is 11.5. The van der Waals surface area contributed by atoms with Crippen molar-refractivity contribution >= 4 is 17.1 Å². The zero-order valence-corrected chi connectivity index (χ0v) is 11.0. The van der Waals surface area contributed by atoms with Crippen molar-refractivity contribution < 1.29 is 14.3 Å². The summed E-state index contributed by atoms with van der Waals surface area (Å²) in [6.45, 7) is 1.78. The highest BCUT2D eigenvalue weighted by Crippen LogP contribution is 2.34. The van der Waals surface area contributed by atoms with Crippen molar-refractivity contribution in [2.24, 2.45) is 0 Å². The van der Waals surface area contributed by atoms with Gasteiger partial charge in [0.05, 0.1) is 0 Å². The lowest BCUT2D eigenvalue weighted by molar-refractivity contribution is -0.143. The molecule has 5 nitrogen and oxygen atoms in total. The summed E-state index contributed by atoms with van der Waals surface area (Å²) in [6, 6.07) is 5.18. The van der Waals surface area contributed by atoms with Gasteiger partial charge in [0.2, 0.25) is 0 Å². The Bertz CT molecular complexity index is 631. The molecule has 0 radical (unpaired) electrons. The minimum atomic E-state index is -0.825. The number of aromatic nitrogens is 1. The summed E-state index contributed by atoms with van der Waals surface area (Å²) in [5, 5.41) is 9.47. The molecule has 1 saturated carbocycles. The van der Waals surface area contributed by atoms with Gasteiger partial charge >= 0.3 is 5.97 Å². The van der Waals surface area contributed by atoms with E-state index in [9.17, 15) is 9.90 Å². The maximum Gasteiger partial charge on any atom is 0.325 e. The fourth-order valence-electron chi connectivity index (χ4n) is 2.47. The van der Waals surface area contributed by atoms with E-state index >= 15 is 0 Å². The Kier molecular flexibility index (Phi) is 2.78. The van der Waals surface area contributed by atoms with Crippen LogP contribution in [0.2, 0.25) is 0 Å². The summed E-state index contributed by atoms with van der Waals surface area (Å²) in [4.78, 5) is 17.7. The molecule has 0 bridgehead atoms. The minimum Gasteiger partial charge on any atom is -0.480 e. The Labute approximate surface area is 110 Å². The summed E-state index contributed by atoms with van der Waals surface area (Å²) in [6.07, 6.45) is 2.15. The molecule has 1 atom stereocenters. The number of rotatable bonds is 4. The van der Waals surface area contributed by atoms with Crippen LogP contribution in [-0.4, -0.2) is 34.0 Å². The first-order valence-electron chi connectivity index (χ1n) is 6.38. The quantitative estimate of drug-likeness (QED) is 0.914. The number of nitrogens with zero attached hydrogens (tertiary/aromatic N) is 2. The van der Waals surface area contributed by atoms with E-state index in [2.05, 4.69) is 4.98 Å². The first kappa shape index (κ1) is 12.2. The Morgan fingerprint density at radius 2 is 2.26 bits per heavy atom. The molecule has 0 saturated heterocycles. The average molecular weight is 260 g/mol. The molecular weight excluding hydrogens is 244 g/mol. The van der Waals surface area contributed by atoms with Crippen LogP contribution in [0.1, 0.15) is 30.3 Å². The first-order valence-corrected chi connectivity index (χ1v) is 6.38. The predicted octanol–water partition coefficient (Wildman–Crippen LogP) is 2.36. The first-order chi connectivity index (χ1) is 9.06. The molecule has 2 aromatic rings. The van der Waals surface area contributed by atoms with Gasteiger partial charge in [0.15, 0.2) is 11.5 Å². The number of fused-ring (bicyclic) bond motifs is 1. The van der Waals surface area contributed by atoms with Gasteiger partial charge in [-0.3, -0.25) is 9.69 Å². The molecule has 1 heterocycles. The Morgan fingerprint density at radius 1 is 1.53 bits per heavy atom. The van der Waals surface area contributed by atoms with E-state index in [-0.39, 0.29) is 0 Å². The smallest absolute Gasteiger partial charge is 0.325 e. The Hall–Kier alpha value is -1.88. The fourth-order valence-corrected chi connectivity index (χ4v) is 2.47. The third-order valence-corrected chi connectivity index (χ3v) is 3.60. The molecule has 1 aliphatic rings. The van der Waals surface area contributed by atoms with Gasteiger partial charge in [-0.15, -0.1) is 0 Å². The molecule has 1 N–H and O–H groups in total. The summed E-state index contributed by atoms with van der Waals surface area (Å²) in [5.41, 5.74) is 2.16. The minimum absolute atomic E-state index is 0.385. The highest BCUT2D eigenvalue weighted by molar-refractivity contribution is 5.79. The second kappa shape index (κ2) is 4.35. The van der Waals surface area contributed by atoms with Crippen LogP contribution in [0.3, 0.4) is 0 Å². The van der Waals surface area contributed by atoms with Crippen molar-refractivity contribution in [2.75, 3.05) is 7.05 Å². The normalized spacial score (nSPS) is 17.0. The molecule has 1 fully saturated rings. The number of carboxylic acid groups (broad SMARTS) is 1. The number of benzene rings is 1. The topological polar surface area (TPSA) is 66.6 Å². The second-order valence-electron chi connectivity index (χ2n) is 5.10. The molecule has 5 heteroatoms. The molecule has 100 valence electrons. The van der Waals surface area contributed by atoms with E-state index < -0.39 is 12.0 Å². The molecule has 1 aliphatic carbocycles. The molecule has 3 rings (SSSR count). The molecule has 0 aliphatic heterocycles. The highest BCUT2D eigenvalue weighted by atomic mass is 16.4. The van der Waals surface area contributed by atoms with E-state index in [1.54, 1.807) is 13.0 Å². The molecule has 1 aromatic carbocycles. The lowest BCUT2D eigenvalue weighted by Crippen LogP contribution is -2.32. The lowest BCUT2D eigenvalue weighted by atomic mass is 10.1. The third-order valence-electron chi connectivity index (χ3n) is 3.60. The standard InChI is InChI=1S/C14H16N2O3/c1-8-15-11-7-9(3-6-12(11)19-8)13(14(17)18)16(2)10-4-5-10/h3,6-7,10,13H,4-5H2,1-2H3,(H,17,18). The zero-order valence-electron chi connectivity index (χ0n) is 11.0. The van der Waals surface area contributed by atoms with E-state index in [1.807, 2.05) is 24.1 Å². The van der Waals surface area contributed by atoms with E-state index in [0.717, 1.165) is 18.4 Å². The highest BCUT2D eigenvalue weighted by Gasteiger charge is 2.35. The van der Waals surface area contributed by atoms with E-state index in [4.69, 9.17) is 4.42 Å². The van der Waals surface area contributed by atoms with Gasteiger partial charge < -0.3 is 9.52 Å². The second-order valence-corrected chi connectivity index (χ2v) is 5.10. The van der Waals surface area contributed by atoms with Crippen molar-refractivity contribution in [3.8, 4) is 0 Å². The number of likely N-dealkylation sites (N-methyl/N-ethyl adjacent to an activating group) is 1. The number of aliphatic carboxylic acids is 1. The summed E-state index contributed by atoms with van der Waals surface area (Å²) < 4.78 is 5.41. The molecule has 1 aromatic heterocycles. The monoisotopic (exact) mass is 260 g/mol. The Balaban J connectivity index is 2.01. The molecular formula is C14H16N2O3. The van der Waals surface area contributed by atoms with Gasteiger partial charge in [0.25, 0.3) is 0 Å². The van der Waals surface area contributed by atoms with Gasteiger partial charge in [0, 0.05) is 13.0 Å². The number of carbonyl (C=O) groups is 1. The van der Waals surface area contributed by atoms with Crippen LogP contribution >= 0.6 is 0 Å². The fraction of sp³-hybridized carbons (Fsp3) is 0.429. The van der Waals surface area contributed by atoms with Crippen LogP contribution < -0.4 is 0 Å². The average Bonchev–Trinajstić information content (AvgIpc) is 3.11. The van der Waals surface area contributed by atoms with E-state index in [1.165, 1.54) is 0 Å². The van der Waals surface area contributed by atoms with Gasteiger partial charge in [0.1, 0.15) is 11.6 Å². The van der Waals surface area contributed by atoms with Crippen LogP contribution in [0.5, 0.6) is 0 Å². The van der Waals surface area contributed by atoms with Gasteiger partial charge in [-0.1, -0.05) is 6.07 Å². The number of oxazole rings is 1. The van der Waals surface area contributed by atoms with Crippen molar-refractivity contribution in [3.05, 3.63) is 29.7 Å². The maximum absolute atomic E-state index is 11.5. The predicted molar refractivity (Wildman–Crippen MR) is 69.9 cm³/mol. The van der Waals surface area contributed by atoms with Crippen LogP contribution in [0, 0.1) is 6.92 Å². The number of aryl methyl sites for hydroxylation is 1. The van der Waals surface area contributed by atoms with E-state index in [0.29, 0.717) is 23.0 Å². The summed E-state index contributed by atoms with van der Waals surface area (Å²) in [7, 11) is 1.87. The van der Waals surface area contributed by atoms with Crippen molar-refractivity contribution in [1.29, 1.82) is 0 Å². The van der Waals surface area contributed by atoms with Gasteiger partial charge in [-0.25, -0.2) is 4.98 Å². The SMILES string of the molecule is Cc1nc2cc(C(C(=O)O)N(C)C3CC3)ccc2o1. The zero-order chi connectivity index (χ0) is 13.6. The third kappa shape index (κ3) is 2.21. The van der Waals surface area contributed by atoms with Crippen molar-refractivity contribution in [1.82, 2.24) is 9.88 Å². The Morgan fingerprint density at radius 3 is 2.89 bits per heavy atom. The van der Waals surface area contributed by atoms with Crippen LogP contribution in [0.25, 0.3) is 11.1 Å². The molecule has 1 unspecified atom stereocenters. The van der Waals surface area contributed by atoms with Crippen LogP contribution in [0.15, 0.2) is 22.6 Å². The van der Waals surface area contributed by atoms with Gasteiger partial charge in [-0.2, -0.15) is 0 Å².